The van der Waals surface area contributed by atoms with Crippen LogP contribution in [-0.2, 0) is 4.79 Å². The number of primary amides is 1. The Hall–Kier alpha value is -1.85. The zero-order valence-electron chi connectivity index (χ0n) is 8.85. The Morgan fingerprint density at radius 2 is 2.12 bits per heavy atom. The molecule has 6 heteroatoms. The van der Waals surface area contributed by atoms with Gasteiger partial charge in [-0.1, -0.05) is 0 Å². The van der Waals surface area contributed by atoms with Gasteiger partial charge in [-0.2, -0.15) is 5.10 Å². The monoisotopic (exact) mass is 222 g/mol. The van der Waals surface area contributed by atoms with Crippen LogP contribution in [0.25, 0.3) is 0 Å². The van der Waals surface area contributed by atoms with Crippen LogP contribution in [0.4, 0.5) is 0 Å². The van der Waals surface area contributed by atoms with E-state index in [0.717, 1.165) is 0 Å². The number of likely N-dealkylation sites (tertiary alicyclic amines) is 1. The molecular weight excluding hydrogens is 208 g/mol. The number of aromatic amines is 1. The van der Waals surface area contributed by atoms with Crippen LogP contribution in [0.15, 0.2) is 12.4 Å². The number of hydrogen-bond acceptors (Lipinski definition) is 3. The van der Waals surface area contributed by atoms with Crippen molar-refractivity contribution in [3.8, 4) is 0 Å². The van der Waals surface area contributed by atoms with Crippen LogP contribution in [-0.4, -0.2) is 40.0 Å². The zero-order chi connectivity index (χ0) is 11.5. The van der Waals surface area contributed by atoms with Gasteiger partial charge in [-0.05, 0) is 12.8 Å². The molecule has 2 heterocycles. The average Bonchev–Trinajstić information content (AvgIpc) is 2.81. The van der Waals surface area contributed by atoms with Crippen LogP contribution in [0.5, 0.6) is 0 Å². The van der Waals surface area contributed by atoms with Crippen molar-refractivity contribution >= 4 is 11.8 Å². The molecule has 0 spiro atoms. The molecule has 0 unspecified atom stereocenters. The van der Waals surface area contributed by atoms with Crippen LogP contribution in [0, 0.1) is 5.92 Å². The van der Waals surface area contributed by atoms with Gasteiger partial charge in [0, 0.05) is 25.2 Å². The normalized spacial score (nSPS) is 17.4. The summed E-state index contributed by atoms with van der Waals surface area (Å²) in [6.45, 7) is 1.16. The topological polar surface area (TPSA) is 92.1 Å². The molecule has 1 aliphatic rings. The molecule has 0 bridgehead atoms. The van der Waals surface area contributed by atoms with Crippen molar-refractivity contribution in [2.45, 2.75) is 12.8 Å². The number of piperidine rings is 1. The molecule has 2 rings (SSSR count). The molecule has 86 valence electrons. The molecule has 1 aromatic rings. The first-order chi connectivity index (χ1) is 7.68. The van der Waals surface area contributed by atoms with E-state index in [2.05, 4.69) is 10.2 Å². The standard InChI is InChI=1S/C10H14N4O2/c11-9(15)7-1-3-14(4-2-7)10(16)8-5-12-13-6-8/h5-7H,1-4H2,(H2,11,15)(H,12,13). The summed E-state index contributed by atoms with van der Waals surface area (Å²) in [6, 6.07) is 0. The van der Waals surface area contributed by atoms with E-state index in [1.807, 2.05) is 0 Å². The second-order valence-corrected chi connectivity index (χ2v) is 3.96. The molecule has 1 fully saturated rings. The Balaban J connectivity index is 1.94. The summed E-state index contributed by atoms with van der Waals surface area (Å²) in [6.07, 6.45) is 4.38. The summed E-state index contributed by atoms with van der Waals surface area (Å²) in [5.41, 5.74) is 5.78. The number of aromatic nitrogens is 2. The number of H-pyrrole nitrogens is 1. The van der Waals surface area contributed by atoms with Crippen molar-refractivity contribution < 1.29 is 9.59 Å². The third-order valence-electron chi connectivity index (χ3n) is 2.93. The van der Waals surface area contributed by atoms with Crippen LogP contribution in [0.3, 0.4) is 0 Å². The van der Waals surface area contributed by atoms with Crippen LogP contribution in [0.1, 0.15) is 23.2 Å². The van der Waals surface area contributed by atoms with Crippen molar-refractivity contribution in [1.82, 2.24) is 15.1 Å². The van der Waals surface area contributed by atoms with Gasteiger partial charge in [-0.25, -0.2) is 0 Å². The summed E-state index contributed by atoms with van der Waals surface area (Å²) >= 11 is 0. The average molecular weight is 222 g/mol. The van der Waals surface area contributed by atoms with Gasteiger partial charge in [0.2, 0.25) is 5.91 Å². The number of nitrogens with zero attached hydrogens (tertiary/aromatic N) is 2. The number of nitrogens with two attached hydrogens (primary N) is 1. The van der Waals surface area contributed by atoms with Gasteiger partial charge < -0.3 is 10.6 Å². The minimum Gasteiger partial charge on any atom is -0.369 e. The van der Waals surface area contributed by atoms with E-state index in [1.54, 1.807) is 11.1 Å². The molecule has 1 saturated heterocycles. The molecule has 0 radical (unpaired) electrons. The van der Waals surface area contributed by atoms with Crippen LogP contribution < -0.4 is 5.73 Å². The van der Waals surface area contributed by atoms with Crippen molar-refractivity contribution in [2.75, 3.05) is 13.1 Å². The summed E-state index contributed by atoms with van der Waals surface area (Å²) < 4.78 is 0. The van der Waals surface area contributed by atoms with E-state index in [0.29, 0.717) is 31.5 Å². The van der Waals surface area contributed by atoms with Crippen molar-refractivity contribution in [3.05, 3.63) is 18.0 Å². The fourth-order valence-corrected chi connectivity index (χ4v) is 1.92. The van der Waals surface area contributed by atoms with Gasteiger partial charge in [0.05, 0.1) is 11.8 Å². The van der Waals surface area contributed by atoms with E-state index in [4.69, 9.17) is 5.73 Å². The van der Waals surface area contributed by atoms with Gasteiger partial charge in [0.1, 0.15) is 0 Å². The molecule has 3 N–H and O–H groups in total. The SMILES string of the molecule is NC(=O)C1CCN(C(=O)c2cn[nH]c2)CC1. The zero-order valence-corrected chi connectivity index (χ0v) is 8.85. The van der Waals surface area contributed by atoms with Crippen molar-refractivity contribution in [3.63, 3.8) is 0 Å². The molecule has 1 aromatic heterocycles. The summed E-state index contributed by atoms with van der Waals surface area (Å²) in [4.78, 5) is 24.6. The van der Waals surface area contributed by atoms with Gasteiger partial charge in [-0.3, -0.25) is 14.7 Å². The number of carbonyl (C=O) groups excluding carboxylic acids is 2. The Bertz CT molecular complexity index is 380. The Labute approximate surface area is 92.8 Å². The number of rotatable bonds is 2. The molecule has 1 aliphatic heterocycles. The van der Waals surface area contributed by atoms with E-state index >= 15 is 0 Å². The predicted molar refractivity (Wildman–Crippen MR) is 56.4 cm³/mol. The van der Waals surface area contributed by atoms with Gasteiger partial charge in [0.25, 0.3) is 5.91 Å². The highest BCUT2D eigenvalue weighted by atomic mass is 16.2. The number of hydrogen-bond donors (Lipinski definition) is 2. The smallest absolute Gasteiger partial charge is 0.257 e. The summed E-state index contributed by atoms with van der Waals surface area (Å²) in [5.74, 6) is -0.402. The minimum absolute atomic E-state index is 0.0447. The molecule has 0 aromatic carbocycles. The van der Waals surface area contributed by atoms with E-state index in [-0.39, 0.29) is 17.7 Å². The quantitative estimate of drug-likeness (QED) is 0.722. The van der Waals surface area contributed by atoms with E-state index < -0.39 is 0 Å². The molecule has 0 aliphatic carbocycles. The van der Waals surface area contributed by atoms with Crippen molar-refractivity contribution in [1.29, 1.82) is 0 Å². The first kappa shape index (κ1) is 10.7. The fraction of sp³-hybridized carbons (Fsp3) is 0.500. The maximum atomic E-state index is 11.9. The maximum Gasteiger partial charge on any atom is 0.257 e. The number of carbonyl (C=O) groups is 2. The third kappa shape index (κ3) is 2.05. The third-order valence-corrected chi connectivity index (χ3v) is 2.93. The predicted octanol–water partition coefficient (Wildman–Crippen LogP) is -0.253. The lowest BCUT2D eigenvalue weighted by Crippen LogP contribution is -2.41. The fourth-order valence-electron chi connectivity index (χ4n) is 1.92. The second-order valence-electron chi connectivity index (χ2n) is 3.96. The highest BCUT2D eigenvalue weighted by Crippen LogP contribution is 2.18. The van der Waals surface area contributed by atoms with E-state index in [9.17, 15) is 9.59 Å². The molecule has 0 atom stereocenters. The molecule has 16 heavy (non-hydrogen) atoms. The first-order valence-electron chi connectivity index (χ1n) is 5.26. The summed E-state index contributed by atoms with van der Waals surface area (Å²) in [5, 5.41) is 6.34. The molecule has 2 amide bonds. The highest BCUT2D eigenvalue weighted by molar-refractivity contribution is 5.93. The summed E-state index contributed by atoms with van der Waals surface area (Å²) in [7, 11) is 0. The lowest BCUT2D eigenvalue weighted by Gasteiger charge is -2.30. The maximum absolute atomic E-state index is 11.9. The Morgan fingerprint density at radius 1 is 1.44 bits per heavy atom. The van der Waals surface area contributed by atoms with Gasteiger partial charge >= 0.3 is 0 Å². The lowest BCUT2D eigenvalue weighted by molar-refractivity contribution is -0.123. The Morgan fingerprint density at radius 3 is 2.62 bits per heavy atom. The van der Waals surface area contributed by atoms with Gasteiger partial charge in [-0.15, -0.1) is 0 Å². The van der Waals surface area contributed by atoms with E-state index in [1.165, 1.54) is 6.20 Å². The van der Waals surface area contributed by atoms with Crippen LogP contribution in [0.2, 0.25) is 0 Å². The lowest BCUT2D eigenvalue weighted by atomic mass is 9.96. The highest BCUT2D eigenvalue weighted by Gasteiger charge is 2.26. The van der Waals surface area contributed by atoms with Gasteiger partial charge in [0.15, 0.2) is 0 Å². The Kier molecular flexibility index (Phi) is 2.89. The largest absolute Gasteiger partial charge is 0.369 e. The minimum atomic E-state index is -0.268. The van der Waals surface area contributed by atoms with Crippen LogP contribution >= 0.6 is 0 Å². The molecular formula is C10H14N4O2. The molecule has 0 saturated carbocycles. The molecule has 6 nitrogen and oxygen atoms in total. The second kappa shape index (κ2) is 4.34. The number of nitrogens with one attached hydrogen (secondary N) is 1. The first-order valence-corrected chi connectivity index (χ1v) is 5.26. The van der Waals surface area contributed by atoms with Crippen molar-refractivity contribution in [2.24, 2.45) is 11.7 Å². The number of amides is 2.